The Kier molecular flexibility index (Phi) is 7.90. The van der Waals surface area contributed by atoms with Crippen LogP contribution in [-0.2, 0) is 14.3 Å². The van der Waals surface area contributed by atoms with Gasteiger partial charge in [-0.15, -0.1) is 6.42 Å². The number of ether oxygens (including phenoxy) is 2. The number of benzene rings is 1. The molecule has 2 fully saturated rings. The van der Waals surface area contributed by atoms with E-state index < -0.39 is 12.1 Å². The lowest BCUT2D eigenvalue weighted by Crippen LogP contribution is -2.47. The highest BCUT2D eigenvalue weighted by molar-refractivity contribution is 7.98. The Balaban J connectivity index is 0.000000322. The molecule has 0 spiro atoms. The number of amides is 1. The first-order chi connectivity index (χ1) is 14.9. The largest absolute Gasteiger partial charge is 0.461 e. The Labute approximate surface area is 189 Å². The second kappa shape index (κ2) is 10.4. The Morgan fingerprint density at radius 3 is 2.65 bits per heavy atom. The summed E-state index contributed by atoms with van der Waals surface area (Å²) in [6, 6.07) is 5.56. The minimum Gasteiger partial charge on any atom is -0.461 e. The van der Waals surface area contributed by atoms with Crippen molar-refractivity contribution < 1.29 is 19.1 Å². The molecule has 1 saturated heterocycles. The SMILES string of the molecule is C#CC1C[C@H]2[C@@H](OC(=O)C(N)CCSC)CCC[C@H]2N1C(=O)OC.Cc1cc2ccc1-2. The number of hydrogen-bond acceptors (Lipinski definition) is 6. The summed E-state index contributed by atoms with van der Waals surface area (Å²) in [6.07, 6.45) is 10.7. The monoisotopic (exact) mass is 444 g/mol. The van der Waals surface area contributed by atoms with Gasteiger partial charge >= 0.3 is 12.1 Å². The number of nitrogens with zero attached hydrogens (tertiary/aromatic N) is 1. The van der Waals surface area contributed by atoms with Crippen LogP contribution < -0.4 is 5.73 Å². The lowest BCUT2D eigenvalue weighted by molar-refractivity contribution is -0.155. The third kappa shape index (κ3) is 5.02. The predicted molar refractivity (Wildman–Crippen MR) is 124 cm³/mol. The van der Waals surface area contributed by atoms with Crippen LogP contribution in [-0.4, -0.2) is 60.3 Å². The van der Waals surface area contributed by atoms with E-state index in [0.29, 0.717) is 12.8 Å². The van der Waals surface area contributed by atoms with E-state index in [9.17, 15) is 9.59 Å². The van der Waals surface area contributed by atoms with Gasteiger partial charge in [-0.3, -0.25) is 9.69 Å². The summed E-state index contributed by atoms with van der Waals surface area (Å²) in [5.41, 5.74) is 10.3. The maximum atomic E-state index is 12.2. The second-order valence-corrected chi connectivity index (χ2v) is 9.34. The number of methoxy groups -OCH3 is 1. The van der Waals surface area contributed by atoms with Gasteiger partial charge in [0.1, 0.15) is 12.1 Å². The van der Waals surface area contributed by atoms with Crippen molar-refractivity contribution in [2.45, 2.75) is 63.3 Å². The molecule has 1 aliphatic heterocycles. The molecule has 0 bridgehead atoms. The molecule has 168 valence electrons. The van der Waals surface area contributed by atoms with Gasteiger partial charge in [0.25, 0.3) is 0 Å². The minimum absolute atomic E-state index is 0.0347. The number of thioether (sulfide) groups is 1. The maximum Gasteiger partial charge on any atom is 0.410 e. The van der Waals surface area contributed by atoms with Gasteiger partial charge in [0.15, 0.2) is 0 Å². The molecule has 4 rings (SSSR count). The van der Waals surface area contributed by atoms with Crippen LogP contribution in [0, 0.1) is 25.2 Å². The van der Waals surface area contributed by atoms with Crippen molar-refractivity contribution in [1.82, 2.24) is 4.90 Å². The normalized spacial score (nSPS) is 26.0. The summed E-state index contributed by atoms with van der Waals surface area (Å²) in [7, 11) is 1.36. The van der Waals surface area contributed by atoms with Crippen molar-refractivity contribution in [3.8, 4) is 23.5 Å². The first kappa shape index (κ1) is 23.5. The minimum atomic E-state index is -0.598. The highest BCUT2D eigenvalue weighted by atomic mass is 32.2. The summed E-state index contributed by atoms with van der Waals surface area (Å²) in [6.45, 7) is 2.14. The van der Waals surface area contributed by atoms with Crippen molar-refractivity contribution in [2.24, 2.45) is 11.7 Å². The molecule has 0 aromatic heterocycles. The number of aryl methyl sites for hydroxylation is 1. The van der Waals surface area contributed by atoms with Gasteiger partial charge in [-0.25, -0.2) is 4.79 Å². The van der Waals surface area contributed by atoms with Crippen LogP contribution in [0.4, 0.5) is 4.79 Å². The van der Waals surface area contributed by atoms with Crippen molar-refractivity contribution in [2.75, 3.05) is 19.1 Å². The molecule has 6 nitrogen and oxygen atoms in total. The van der Waals surface area contributed by atoms with Crippen LogP contribution in [0.5, 0.6) is 0 Å². The smallest absolute Gasteiger partial charge is 0.410 e. The number of carbonyl (C=O) groups is 2. The van der Waals surface area contributed by atoms with E-state index in [-0.39, 0.29) is 30.1 Å². The molecule has 4 aliphatic rings. The number of likely N-dealkylation sites (tertiary alicyclic amines) is 1. The summed E-state index contributed by atoms with van der Waals surface area (Å²) >= 11 is 1.65. The van der Waals surface area contributed by atoms with Gasteiger partial charge < -0.3 is 15.2 Å². The quantitative estimate of drug-likeness (QED) is 0.561. The van der Waals surface area contributed by atoms with Gasteiger partial charge in [0.2, 0.25) is 0 Å². The molecule has 0 radical (unpaired) electrons. The number of rotatable bonds is 5. The Morgan fingerprint density at radius 1 is 1.39 bits per heavy atom. The molecule has 1 amide bonds. The molecule has 5 atom stereocenters. The van der Waals surface area contributed by atoms with Gasteiger partial charge in [-0.2, -0.15) is 11.8 Å². The molecule has 7 heteroatoms. The van der Waals surface area contributed by atoms with Gasteiger partial charge in [-0.1, -0.05) is 24.1 Å². The third-order valence-corrected chi connectivity index (χ3v) is 7.11. The van der Waals surface area contributed by atoms with Gasteiger partial charge in [0, 0.05) is 12.0 Å². The fraction of sp³-hybridized carbons (Fsp3) is 0.583. The number of carbonyl (C=O) groups excluding carboxylic acids is 2. The second-order valence-electron chi connectivity index (χ2n) is 8.35. The number of esters is 1. The van der Waals surface area contributed by atoms with Crippen LogP contribution in [0.25, 0.3) is 11.1 Å². The van der Waals surface area contributed by atoms with E-state index >= 15 is 0 Å². The molecule has 1 saturated carbocycles. The molecule has 3 aliphatic carbocycles. The standard InChI is InChI=1S/C17H26N2O4S.C7H6/c1-4-11-10-12-14(19(11)17(21)22-2)6-5-7-15(12)23-16(20)13(18)8-9-24-3;1-5-4-6-2-3-7(5)6/h1,11-15H,5-10,18H2,2-3H3;2-4H,1H3/t11?,12-,13?,14-,15+;/m1./s1. The van der Waals surface area contributed by atoms with E-state index in [1.54, 1.807) is 16.7 Å². The average molecular weight is 445 g/mol. The summed E-state index contributed by atoms with van der Waals surface area (Å²) in [4.78, 5) is 25.9. The summed E-state index contributed by atoms with van der Waals surface area (Å²) in [5.74, 6) is 3.18. The van der Waals surface area contributed by atoms with Crippen LogP contribution in [0.3, 0.4) is 0 Å². The van der Waals surface area contributed by atoms with E-state index in [0.717, 1.165) is 25.0 Å². The first-order valence-corrected chi connectivity index (χ1v) is 12.2. The lowest BCUT2D eigenvalue weighted by Gasteiger charge is -2.36. The maximum absolute atomic E-state index is 12.2. The molecule has 2 N–H and O–H groups in total. The molecule has 0 aromatic rings. The number of nitrogens with two attached hydrogens (primary N) is 1. The fourth-order valence-electron chi connectivity index (χ4n) is 4.70. The molecule has 0 aromatic carbocycles. The zero-order valence-electron chi connectivity index (χ0n) is 18.5. The van der Waals surface area contributed by atoms with Crippen LogP contribution >= 0.6 is 11.8 Å². The van der Waals surface area contributed by atoms with Crippen molar-refractivity contribution in [3.63, 3.8) is 0 Å². The Bertz CT molecular complexity index is 852. The van der Waals surface area contributed by atoms with Crippen molar-refractivity contribution in [3.05, 3.63) is 23.8 Å². The van der Waals surface area contributed by atoms with E-state index in [2.05, 4.69) is 31.0 Å². The summed E-state index contributed by atoms with van der Waals surface area (Å²) < 4.78 is 10.6. The fourth-order valence-corrected chi connectivity index (χ4v) is 5.19. The number of hydrogen-bond donors (Lipinski definition) is 1. The van der Waals surface area contributed by atoms with Gasteiger partial charge in [0.05, 0.1) is 13.2 Å². The molecule has 31 heavy (non-hydrogen) atoms. The zero-order chi connectivity index (χ0) is 22.5. The molecule has 1 heterocycles. The highest BCUT2D eigenvalue weighted by Gasteiger charge is 2.49. The lowest BCUT2D eigenvalue weighted by atomic mass is 9.82. The van der Waals surface area contributed by atoms with E-state index in [1.165, 1.54) is 23.8 Å². The van der Waals surface area contributed by atoms with Crippen LogP contribution in [0.1, 0.15) is 37.7 Å². The predicted octanol–water partition coefficient (Wildman–Crippen LogP) is 3.60. The van der Waals surface area contributed by atoms with Crippen LogP contribution in [0.2, 0.25) is 0 Å². The van der Waals surface area contributed by atoms with E-state index in [4.69, 9.17) is 21.6 Å². The van der Waals surface area contributed by atoms with Crippen LogP contribution in [0.15, 0.2) is 18.2 Å². The summed E-state index contributed by atoms with van der Waals surface area (Å²) in [5, 5.41) is 0. The molecular weight excluding hydrogens is 412 g/mol. The molecule has 2 unspecified atom stereocenters. The Hall–Kier alpha value is -2.17. The zero-order valence-corrected chi connectivity index (χ0v) is 19.3. The number of fused-ring (bicyclic) bond motifs is 2. The van der Waals surface area contributed by atoms with Crippen molar-refractivity contribution >= 4 is 23.8 Å². The topological polar surface area (TPSA) is 81.9 Å². The van der Waals surface area contributed by atoms with Crippen molar-refractivity contribution in [1.29, 1.82) is 0 Å². The molecular formula is C24H32N2O4S. The van der Waals surface area contributed by atoms with Gasteiger partial charge in [-0.05, 0) is 67.7 Å². The Morgan fingerprint density at radius 2 is 2.16 bits per heavy atom. The first-order valence-electron chi connectivity index (χ1n) is 10.8. The van der Waals surface area contributed by atoms with E-state index in [1.807, 2.05) is 6.26 Å². The number of terminal acetylenes is 1. The third-order valence-electron chi connectivity index (χ3n) is 6.47. The average Bonchev–Trinajstić information content (AvgIpc) is 3.15. The highest BCUT2D eigenvalue weighted by Crippen LogP contribution is 2.41.